The molecule has 3 nitrogen and oxygen atoms in total. The molecule has 1 aromatic heterocycles. The molecule has 0 radical (unpaired) electrons. The second-order valence-electron chi connectivity index (χ2n) is 4.13. The zero-order valence-electron chi connectivity index (χ0n) is 10.3. The lowest BCUT2D eigenvalue weighted by molar-refractivity contribution is 0.0939. The number of halogens is 1. The third-order valence-electron chi connectivity index (χ3n) is 2.78. The van der Waals surface area contributed by atoms with Crippen LogP contribution >= 0.6 is 28.1 Å². The molecule has 0 saturated heterocycles. The number of amides is 1. The largest absolute Gasteiger partial charge is 0.352 e. The van der Waals surface area contributed by atoms with Crippen LogP contribution in [0.15, 0.2) is 47.1 Å². The van der Waals surface area contributed by atoms with Crippen molar-refractivity contribution in [1.29, 1.82) is 0 Å². The van der Waals surface area contributed by atoms with Gasteiger partial charge in [-0.3, -0.25) is 4.79 Å². The molecule has 2 aromatic rings. The molecule has 1 atom stereocenters. The summed E-state index contributed by atoms with van der Waals surface area (Å²) < 4.78 is 1.42. The van der Waals surface area contributed by atoms with Gasteiger partial charge in [-0.15, -0.1) is 0 Å². The van der Waals surface area contributed by atoms with Gasteiger partial charge in [0.25, 0.3) is 5.91 Å². The fraction of sp³-hybridized carbons (Fsp3) is 0.143. The Morgan fingerprint density at radius 3 is 2.74 bits per heavy atom. The summed E-state index contributed by atoms with van der Waals surface area (Å²) in [5.41, 5.74) is 1.51. The summed E-state index contributed by atoms with van der Waals surface area (Å²) in [6, 6.07) is 11.2. The topological polar surface area (TPSA) is 44.9 Å². The van der Waals surface area contributed by atoms with E-state index in [1.807, 2.05) is 31.2 Å². The molecule has 0 aliphatic carbocycles. The van der Waals surface area contributed by atoms with Crippen molar-refractivity contribution in [2.24, 2.45) is 0 Å². The maximum Gasteiger partial charge on any atom is 0.254 e. The molecule has 1 heterocycles. The van der Waals surface area contributed by atoms with Crippen LogP contribution in [-0.2, 0) is 0 Å². The van der Waals surface area contributed by atoms with Gasteiger partial charge in [-0.05, 0) is 30.7 Å². The Labute approximate surface area is 125 Å². The van der Waals surface area contributed by atoms with E-state index in [1.54, 1.807) is 18.3 Å². The van der Waals surface area contributed by atoms with E-state index >= 15 is 0 Å². The second-order valence-corrected chi connectivity index (χ2v) is 5.39. The molecule has 5 heteroatoms. The lowest BCUT2D eigenvalue weighted by atomic mass is 10.1. The first-order valence-corrected chi connectivity index (χ1v) is 7.02. The van der Waals surface area contributed by atoms with Crippen LogP contribution in [0.25, 0.3) is 0 Å². The number of benzene rings is 1. The van der Waals surface area contributed by atoms with Gasteiger partial charge in [-0.1, -0.05) is 46.3 Å². The first-order chi connectivity index (χ1) is 9.09. The number of aromatic nitrogens is 1. The average Bonchev–Trinajstić information content (AvgIpc) is 2.39. The number of H-pyrrole nitrogens is 1. The highest BCUT2D eigenvalue weighted by Crippen LogP contribution is 2.22. The summed E-state index contributed by atoms with van der Waals surface area (Å²) in [6.07, 6.45) is 1.70. The minimum absolute atomic E-state index is 0.0994. The molecular weight excluding hydrogens is 324 g/mol. The second kappa shape index (κ2) is 6.12. The van der Waals surface area contributed by atoms with Gasteiger partial charge in [0.05, 0.1) is 11.6 Å². The Kier molecular flexibility index (Phi) is 4.50. The predicted octanol–water partition coefficient (Wildman–Crippen LogP) is 4.00. The molecule has 1 amide bonds. The third kappa shape index (κ3) is 3.30. The minimum atomic E-state index is -0.176. The minimum Gasteiger partial charge on any atom is -0.352 e. The van der Waals surface area contributed by atoms with E-state index in [0.717, 1.165) is 10.0 Å². The molecule has 98 valence electrons. The molecule has 0 aliphatic heterocycles. The highest BCUT2D eigenvalue weighted by atomic mass is 79.9. The third-order valence-corrected chi connectivity index (χ3v) is 3.84. The van der Waals surface area contributed by atoms with Crippen LogP contribution in [0.2, 0.25) is 0 Å². The molecule has 19 heavy (non-hydrogen) atoms. The quantitative estimate of drug-likeness (QED) is 0.832. The Hall–Kier alpha value is -1.46. The first kappa shape index (κ1) is 14.0. The SMILES string of the molecule is C[C@H](NC(=O)c1ccc[nH]c1=S)c1ccccc1Br. The average molecular weight is 337 g/mol. The van der Waals surface area contributed by atoms with E-state index in [0.29, 0.717) is 10.2 Å². The van der Waals surface area contributed by atoms with Gasteiger partial charge in [0, 0.05) is 10.7 Å². The van der Waals surface area contributed by atoms with Gasteiger partial charge in [-0.25, -0.2) is 0 Å². The lowest BCUT2D eigenvalue weighted by Crippen LogP contribution is -2.27. The van der Waals surface area contributed by atoms with Gasteiger partial charge in [0.1, 0.15) is 4.64 Å². The number of rotatable bonds is 3. The van der Waals surface area contributed by atoms with Gasteiger partial charge < -0.3 is 10.3 Å². The maximum absolute atomic E-state index is 12.1. The molecule has 0 spiro atoms. The molecule has 0 fully saturated rings. The summed E-state index contributed by atoms with van der Waals surface area (Å²) in [5.74, 6) is -0.176. The highest BCUT2D eigenvalue weighted by Gasteiger charge is 2.14. The number of hydrogen-bond donors (Lipinski definition) is 2. The summed E-state index contributed by atoms with van der Waals surface area (Å²) in [5, 5.41) is 2.94. The van der Waals surface area contributed by atoms with Crippen molar-refractivity contribution in [2.75, 3.05) is 0 Å². The van der Waals surface area contributed by atoms with Crippen LogP contribution < -0.4 is 5.32 Å². The van der Waals surface area contributed by atoms with Gasteiger partial charge in [-0.2, -0.15) is 0 Å². The number of aromatic amines is 1. The predicted molar refractivity (Wildman–Crippen MR) is 81.6 cm³/mol. The van der Waals surface area contributed by atoms with Crippen molar-refractivity contribution >= 4 is 34.1 Å². The standard InChI is InChI=1S/C14H13BrN2OS/c1-9(10-5-2-3-7-12(10)15)17-13(18)11-6-4-8-16-14(11)19/h2-9H,1H3,(H,16,19)(H,17,18)/t9-/m0/s1. The summed E-state index contributed by atoms with van der Waals surface area (Å²) in [6.45, 7) is 1.94. The Balaban J connectivity index is 2.18. The lowest BCUT2D eigenvalue weighted by Gasteiger charge is -2.15. The number of nitrogens with one attached hydrogen (secondary N) is 2. The molecule has 1 aromatic carbocycles. The van der Waals surface area contributed by atoms with Crippen molar-refractivity contribution in [3.63, 3.8) is 0 Å². The van der Waals surface area contributed by atoms with Crippen LogP contribution in [-0.4, -0.2) is 10.9 Å². The molecule has 0 aliphatic rings. The zero-order valence-corrected chi connectivity index (χ0v) is 12.7. The number of pyridine rings is 1. The summed E-state index contributed by atoms with van der Waals surface area (Å²) >= 11 is 8.58. The molecule has 2 N–H and O–H groups in total. The smallest absolute Gasteiger partial charge is 0.254 e. The van der Waals surface area contributed by atoms with Crippen molar-refractivity contribution in [3.05, 3.63) is 62.8 Å². The van der Waals surface area contributed by atoms with E-state index < -0.39 is 0 Å². The zero-order chi connectivity index (χ0) is 13.8. The van der Waals surface area contributed by atoms with E-state index in [4.69, 9.17) is 12.2 Å². The van der Waals surface area contributed by atoms with Crippen LogP contribution in [0.1, 0.15) is 28.9 Å². The van der Waals surface area contributed by atoms with Crippen LogP contribution in [0.5, 0.6) is 0 Å². The van der Waals surface area contributed by atoms with E-state index in [-0.39, 0.29) is 11.9 Å². The van der Waals surface area contributed by atoms with Gasteiger partial charge in [0.2, 0.25) is 0 Å². The number of carbonyl (C=O) groups is 1. The summed E-state index contributed by atoms with van der Waals surface area (Å²) in [4.78, 5) is 15.0. The summed E-state index contributed by atoms with van der Waals surface area (Å²) in [7, 11) is 0. The van der Waals surface area contributed by atoms with Crippen LogP contribution in [0, 0.1) is 4.64 Å². The fourth-order valence-corrected chi connectivity index (χ4v) is 2.64. The number of carbonyl (C=O) groups excluding carboxylic acids is 1. The Morgan fingerprint density at radius 2 is 2.05 bits per heavy atom. The van der Waals surface area contributed by atoms with Crippen LogP contribution in [0.4, 0.5) is 0 Å². The molecular formula is C14H13BrN2OS. The first-order valence-electron chi connectivity index (χ1n) is 5.82. The monoisotopic (exact) mass is 336 g/mol. The highest BCUT2D eigenvalue weighted by molar-refractivity contribution is 9.10. The Bertz CT molecular complexity index is 654. The van der Waals surface area contributed by atoms with E-state index in [9.17, 15) is 4.79 Å². The maximum atomic E-state index is 12.1. The van der Waals surface area contributed by atoms with Gasteiger partial charge in [0.15, 0.2) is 0 Å². The Morgan fingerprint density at radius 1 is 1.32 bits per heavy atom. The van der Waals surface area contributed by atoms with Crippen molar-refractivity contribution < 1.29 is 4.79 Å². The van der Waals surface area contributed by atoms with E-state index in [2.05, 4.69) is 26.2 Å². The van der Waals surface area contributed by atoms with Crippen molar-refractivity contribution in [3.8, 4) is 0 Å². The van der Waals surface area contributed by atoms with Crippen molar-refractivity contribution in [1.82, 2.24) is 10.3 Å². The van der Waals surface area contributed by atoms with Crippen LogP contribution in [0.3, 0.4) is 0 Å². The molecule has 0 saturated carbocycles. The molecule has 0 bridgehead atoms. The van der Waals surface area contributed by atoms with E-state index in [1.165, 1.54) is 0 Å². The normalized spacial score (nSPS) is 11.9. The fourth-order valence-electron chi connectivity index (χ4n) is 1.78. The molecule has 2 rings (SSSR count). The van der Waals surface area contributed by atoms with Gasteiger partial charge >= 0.3 is 0 Å². The number of hydrogen-bond acceptors (Lipinski definition) is 2. The van der Waals surface area contributed by atoms with Crippen molar-refractivity contribution in [2.45, 2.75) is 13.0 Å². The molecule has 0 unspecified atom stereocenters.